The fraction of sp³-hybridized carbons (Fsp3) is 0.294. The van der Waals surface area contributed by atoms with Gasteiger partial charge in [0.1, 0.15) is 0 Å². The molecule has 0 saturated carbocycles. The third-order valence-corrected chi connectivity index (χ3v) is 3.51. The van der Waals surface area contributed by atoms with Crippen molar-refractivity contribution in [2.24, 2.45) is 0 Å². The van der Waals surface area contributed by atoms with Crippen molar-refractivity contribution in [1.29, 1.82) is 0 Å². The van der Waals surface area contributed by atoms with Gasteiger partial charge in [0, 0.05) is 18.8 Å². The molecule has 2 rings (SSSR count). The van der Waals surface area contributed by atoms with E-state index in [-0.39, 0.29) is 17.9 Å². The molecule has 1 amide bonds. The van der Waals surface area contributed by atoms with Crippen molar-refractivity contribution in [3.63, 3.8) is 0 Å². The average Bonchev–Trinajstić information content (AvgIpc) is 2.55. The van der Waals surface area contributed by atoms with E-state index in [0.717, 1.165) is 17.7 Å². The number of amides is 1. The molecule has 0 aliphatic rings. The van der Waals surface area contributed by atoms with Crippen LogP contribution in [0.5, 0.6) is 0 Å². The molecule has 2 N–H and O–H groups in total. The number of halogens is 2. The Morgan fingerprint density at radius 3 is 2.74 bits per heavy atom. The predicted octanol–water partition coefficient (Wildman–Crippen LogP) is 2.53. The smallest absolute Gasteiger partial charge is 0.220 e. The molecule has 2 aromatic rings. The molecule has 6 heteroatoms. The van der Waals surface area contributed by atoms with Gasteiger partial charge in [0.15, 0.2) is 11.6 Å². The van der Waals surface area contributed by atoms with Gasteiger partial charge in [-0.25, -0.2) is 8.78 Å². The summed E-state index contributed by atoms with van der Waals surface area (Å²) in [5.41, 5.74) is 1.15. The van der Waals surface area contributed by atoms with Gasteiger partial charge in [0.05, 0.1) is 12.1 Å². The highest BCUT2D eigenvalue weighted by atomic mass is 19.2. The third kappa shape index (κ3) is 4.82. The largest absolute Gasteiger partial charge is 0.386 e. The SMILES string of the molecule is CC(NC(=O)CCc1cccnc1)C(O)c1ccc(F)c(F)c1. The van der Waals surface area contributed by atoms with Crippen molar-refractivity contribution >= 4 is 5.91 Å². The molecule has 1 aromatic carbocycles. The first-order valence-electron chi connectivity index (χ1n) is 7.28. The van der Waals surface area contributed by atoms with E-state index in [9.17, 15) is 18.7 Å². The molecule has 4 nitrogen and oxygen atoms in total. The number of hydrogen-bond acceptors (Lipinski definition) is 3. The highest BCUT2D eigenvalue weighted by molar-refractivity contribution is 5.76. The van der Waals surface area contributed by atoms with Crippen LogP contribution in [0.4, 0.5) is 8.78 Å². The normalized spacial score (nSPS) is 13.4. The first-order valence-corrected chi connectivity index (χ1v) is 7.28. The molecule has 1 heterocycles. The number of nitrogens with one attached hydrogen (secondary N) is 1. The molecular formula is C17H18F2N2O2. The van der Waals surface area contributed by atoms with Crippen LogP contribution in [-0.2, 0) is 11.2 Å². The summed E-state index contributed by atoms with van der Waals surface area (Å²) < 4.78 is 26.1. The minimum Gasteiger partial charge on any atom is -0.386 e. The van der Waals surface area contributed by atoms with Crippen molar-refractivity contribution in [3.05, 3.63) is 65.5 Å². The average molecular weight is 320 g/mol. The van der Waals surface area contributed by atoms with Crippen LogP contribution in [0.25, 0.3) is 0 Å². The van der Waals surface area contributed by atoms with E-state index in [4.69, 9.17) is 0 Å². The van der Waals surface area contributed by atoms with Crippen LogP contribution in [0.2, 0.25) is 0 Å². The second-order valence-corrected chi connectivity index (χ2v) is 5.34. The number of aliphatic hydroxyl groups excluding tert-OH is 1. The number of aromatic nitrogens is 1. The minimum absolute atomic E-state index is 0.212. The minimum atomic E-state index is -1.12. The Morgan fingerprint density at radius 2 is 2.09 bits per heavy atom. The van der Waals surface area contributed by atoms with Crippen LogP contribution < -0.4 is 5.32 Å². The highest BCUT2D eigenvalue weighted by Gasteiger charge is 2.19. The van der Waals surface area contributed by atoms with E-state index in [1.54, 1.807) is 25.4 Å². The maximum Gasteiger partial charge on any atom is 0.220 e. The van der Waals surface area contributed by atoms with Crippen molar-refractivity contribution in [2.75, 3.05) is 0 Å². The summed E-state index contributed by atoms with van der Waals surface area (Å²) in [5, 5.41) is 12.8. The topological polar surface area (TPSA) is 62.2 Å². The number of hydrogen-bond donors (Lipinski definition) is 2. The van der Waals surface area contributed by atoms with Crippen molar-refractivity contribution in [1.82, 2.24) is 10.3 Å². The van der Waals surface area contributed by atoms with Gasteiger partial charge in [0.2, 0.25) is 5.91 Å². The van der Waals surface area contributed by atoms with Gasteiger partial charge >= 0.3 is 0 Å². The first-order chi connectivity index (χ1) is 11.0. The molecule has 122 valence electrons. The van der Waals surface area contributed by atoms with Crippen molar-refractivity contribution < 1.29 is 18.7 Å². The molecule has 0 aliphatic carbocycles. The van der Waals surface area contributed by atoms with E-state index in [2.05, 4.69) is 10.3 Å². The van der Waals surface area contributed by atoms with Crippen LogP contribution in [0, 0.1) is 11.6 Å². The predicted molar refractivity (Wildman–Crippen MR) is 81.5 cm³/mol. The number of aryl methyl sites for hydroxylation is 1. The van der Waals surface area contributed by atoms with Crippen LogP contribution in [0.1, 0.15) is 30.6 Å². The van der Waals surface area contributed by atoms with Crippen LogP contribution in [0.3, 0.4) is 0 Å². The molecular weight excluding hydrogens is 302 g/mol. The lowest BCUT2D eigenvalue weighted by Gasteiger charge is -2.20. The summed E-state index contributed by atoms with van der Waals surface area (Å²) >= 11 is 0. The molecule has 0 spiro atoms. The second-order valence-electron chi connectivity index (χ2n) is 5.34. The van der Waals surface area contributed by atoms with Crippen LogP contribution in [-0.4, -0.2) is 22.0 Å². The Kier molecular flexibility index (Phi) is 5.76. The lowest BCUT2D eigenvalue weighted by Crippen LogP contribution is -2.37. The van der Waals surface area contributed by atoms with E-state index in [1.165, 1.54) is 6.07 Å². The Hall–Kier alpha value is -2.34. The maximum atomic E-state index is 13.2. The zero-order valence-corrected chi connectivity index (χ0v) is 12.7. The fourth-order valence-electron chi connectivity index (χ4n) is 2.19. The molecule has 0 bridgehead atoms. The standard InChI is InChI=1S/C17H18F2N2O2/c1-11(17(23)13-5-6-14(18)15(19)9-13)21-16(22)7-4-12-3-2-8-20-10-12/h2-3,5-6,8-11,17,23H,4,7H2,1H3,(H,21,22). The lowest BCUT2D eigenvalue weighted by atomic mass is 10.0. The Labute approximate surface area is 133 Å². The quantitative estimate of drug-likeness (QED) is 0.860. The van der Waals surface area contributed by atoms with Crippen molar-refractivity contribution in [2.45, 2.75) is 31.9 Å². The second kappa shape index (κ2) is 7.78. The molecule has 0 radical (unpaired) electrons. The highest BCUT2D eigenvalue weighted by Crippen LogP contribution is 2.19. The van der Waals surface area contributed by atoms with Crippen LogP contribution >= 0.6 is 0 Å². The Morgan fingerprint density at radius 1 is 1.30 bits per heavy atom. The monoisotopic (exact) mass is 320 g/mol. The molecule has 23 heavy (non-hydrogen) atoms. The van der Waals surface area contributed by atoms with Gasteiger partial charge in [-0.15, -0.1) is 0 Å². The summed E-state index contributed by atoms with van der Waals surface area (Å²) in [5.74, 6) is -2.24. The molecule has 2 atom stereocenters. The summed E-state index contributed by atoms with van der Waals surface area (Å²) in [7, 11) is 0. The van der Waals surface area contributed by atoms with E-state index in [0.29, 0.717) is 6.42 Å². The third-order valence-electron chi connectivity index (χ3n) is 3.51. The number of nitrogens with zero attached hydrogens (tertiary/aromatic N) is 1. The number of carbonyl (C=O) groups excluding carboxylic acids is 1. The molecule has 2 unspecified atom stereocenters. The van der Waals surface area contributed by atoms with Gasteiger partial charge < -0.3 is 10.4 Å². The number of aliphatic hydroxyl groups is 1. The lowest BCUT2D eigenvalue weighted by molar-refractivity contribution is -0.122. The summed E-state index contributed by atoms with van der Waals surface area (Å²) in [6, 6.07) is 6.22. The first kappa shape index (κ1) is 17.0. The van der Waals surface area contributed by atoms with E-state index >= 15 is 0 Å². The number of rotatable bonds is 6. The van der Waals surface area contributed by atoms with E-state index < -0.39 is 23.8 Å². The summed E-state index contributed by atoms with van der Waals surface area (Å²) in [6.45, 7) is 1.61. The Balaban J connectivity index is 1.88. The van der Waals surface area contributed by atoms with Gasteiger partial charge in [-0.3, -0.25) is 9.78 Å². The Bertz CT molecular complexity index is 665. The zero-order chi connectivity index (χ0) is 16.8. The molecule has 0 fully saturated rings. The zero-order valence-electron chi connectivity index (χ0n) is 12.7. The van der Waals surface area contributed by atoms with Crippen molar-refractivity contribution in [3.8, 4) is 0 Å². The summed E-state index contributed by atoms with van der Waals surface area (Å²) in [4.78, 5) is 15.9. The number of carbonyl (C=O) groups is 1. The number of pyridine rings is 1. The van der Waals surface area contributed by atoms with Crippen LogP contribution in [0.15, 0.2) is 42.7 Å². The molecule has 1 aromatic heterocycles. The molecule has 0 aliphatic heterocycles. The van der Waals surface area contributed by atoms with E-state index in [1.807, 2.05) is 6.07 Å². The maximum absolute atomic E-state index is 13.2. The fourth-order valence-corrected chi connectivity index (χ4v) is 2.19. The van der Waals surface area contributed by atoms with Gasteiger partial charge in [-0.05, 0) is 42.7 Å². The summed E-state index contributed by atoms with van der Waals surface area (Å²) in [6.07, 6.45) is 3.01. The number of benzene rings is 1. The van der Waals surface area contributed by atoms with Gasteiger partial charge in [-0.1, -0.05) is 12.1 Å². The molecule has 0 saturated heterocycles. The van der Waals surface area contributed by atoms with Gasteiger partial charge in [0.25, 0.3) is 0 Å². The van der Waals surface area contributed by atoms with Gasteiger partial charge in [-0.2, -0.15) is 0 Å².